The van der Waals surface area contributed by atoms with Gasteiger partial charge in [0.05, 0.1) is 0 Å². The molecule has 34 heavy (non-hydrogen) atoms. The summed E-state index contributed by atoms with van der Waals surface area (Å²) in [7, 11) is 0. The highest BCUT2D eigenvalue weighted by atomic mass is 16.6. The molecule has 0 aliphatic rings. The number of ether oxygens (including phenoxy) is 4. The second-order valence-electron chi connectivity index (χ2n) is 7.82. The van der Waals surface area contributed by atoms with Gasteiger partial charge >= 0.3 is 11.9 Å². The maximum Gasteiger partial charge on any atom is 0.330 e. The fraction of sp³-hybridized carbons (Fsp3) is 0.357. The van der Waals surface area contributed by atoms with Gasteiger partial charge in [0.2, 0.25) is 0 Å². The molecule has 0 N–H and O–H groups in total. The molecule has 2 aromatic rings. The summed E-state index contributed by atoms with van der Waals surface area (Å²) in [6.45, 7) is 16.1. The Bertz CT molecular complexity index is 824. The van der Waals surface area contributed by atoms with Crippen molar-refractivity contribution in [1.29, 1.82) is 0 Å². The molecule has 0 amide bonds. The number of rotatable bonds is 12. The van der Waals surface area contributed by atoms with E-state index in [2.05, 4.69) is 40.9 Å². The number of benzene rings is 2. The first-order valence-electron chi connectivity index (χ1n) is 11.3. The van der Waals surface area contributed by atoms with E-state index < -0.39 is 11.9 Å². The highest BCUT2D eigenvalue weighted by Crippen LogP contribution is 2.33. The molecule has 0 saturated heterocycles. The van der Waals surface area contributed by atoms with Crippen molar-refractivity contribution >= 4 is 11.9 Å². The molecular formula is C28H36O6. The highest BCUT2D eigenvalue weighted by molar-refractivity contribution is 5.81. The van der Waals surface area contributed by atoms with E-state index in [1.807, 2.05) is 48.5 Å². The van der Waals surface area contributed by atoms with Crippen LogP contribution in [0.1, 0.15) is 45.2 Å². The van der Waals surface area contributed by atoms with Crippen LogP contribution in [0.4, 0.5) is 0 Å². The summed E-state index contributed by atoms with van der Waals surface area (Å²) in [6.07, 6.45) is 3.49. The summed E-state index contributed by atoms with van der Waals surface area (Å²) in [5.74, 6) is 0.478. The van der Waals surface area contributed by atoms with Crippen LogP contribution in [0.15, 0.2) is 73.8 Å². The lowest BCUT2D eigenvalue weighted by Crippen LogP contribution is -2.19. The third-order valence-corrected chi connectivity index (χ3v) is 4.68. The summed E-state index contributed by atoms with van der Waals surface area (Å²) in [6, 6.07) is 15.7. The molecule has 0 saturated carbocycles. The Morgan fingerprint density at radius 1 is 0.706 bits per heavy atom. The van der Waals surface area contributed by atoms with Gasteiger partial charge in [-0.15, -0.1) is 0 Å². The third-order valence-electron chi connectivity index (χ3n) is 4.68. The highest BCUT2D eigenvalue weighted by Gasteiger charge is 2.23. The number of carbonyl (C=O) groups is 2. The lowest BCUT2D eigenvalue weighted by atomic mass is 9.78. The largest absolute Gasteiger partial charge is 0.490 e. The third kappa shape index (κ3) is 9.94. The standard InChI is InChI=1S/C25H28O6.C3H8/c1-5-23(26)30-17-15-28-21-11-7-19(8-12-21)25(3,4)20-9-13-22(14-10-20)29-16-18-31-24(27)6-2;1-3-2/h5-14H,1-2,15-18H2,3-4H3;3H2,1-2H3. The van der Waals surface area contributed by atoms with Crippen molar-refractivity contribution in [2.75, 3.05) is 26.4 Å². The number of esters is 2. The van der Waals surface area contributed by atoms with E-state index in [-0.39, 0.29) is 31.8 Å². The van der Waals surface area contributed by atoms with Gasteiger partial charge in [-0.25, -0.2) is 9.59 Å². The van der Waals surface area contributed by atoms with Crippen molar-refractivity contribution < 1.29 is 28.5 Å². The van der Waals surface area contributed by atoms with Crippen molar-refractivity contribution in [3.8, 4) is 11.5 Å². The van der Waals surface area contributed by atoms with E-state index in [9.17, 15) is 9.59 Å². The van der Waals surface area contributed by atoms with E-state index in [0.29, 0.717) is 11.5 Å². The molecule has 0 aliphatic heterocycles. The van der Waals surface area contributed by atoms with Gasteiger partial charge in [0.1, 0.15) is 37.9 Å². The van der Waals surface area contributed by atoms with Crippen LogP contribution in [-0.4, -0.2) is 38.4 Å². The Hall–Kier alpha value is -3.54. The number of hydrogen-bond acceptors (Lipinski definition) is 6. The monoisotopic (exact) mass is 468 g/mol. The van der Waals surface area contributed by atoms with Crippen LogP contribution < -0.4 is 9.47 Å². The fourth-order valence-corrected chi connectivity index (χ4v) is 2.82. The average Bonchev–Trinajstić information content (AvgIpc) is 2.85. The second kappa shape index (κ2) is 15.3. The minimum absolute atomic E-state index is 0.170. The molecule has 2 aromatic carbocycles. The van der Waals surface area contributed by atoms with Crippen LogP contribution >= 0.6 is 0 Å². The van der Waals surface area contributed by atoms with E-state index >= 15 is 0 Å². The molecule has 0 bridgehead atoms. The van der Waals surface area contributed by atoms with Gasteiger partial charge in [0, 0.05) is 17.6 Å². The topological polar surface area (TPSA) is 71.1 Å². The molecule has 6 nitrogen and oxygen atoms in total. The van der Waals surface area contributed by atoms with Crippen molar-refractivity contribution in [1.82, 2.24) is 0 Å². The Morgan fingerprint density at radius 3 is 1.32 bits per heavy atom. The number of carbonyl (C=O) groups excluding carboxylic acids is 2. The molecule has 6 heteroatoms. The first kappa shape index (κ1) is 28.5. The summed E-state index contributed by atoms with van der Waals surface area (Å²) in [5.41, 5.74) is 2.03. The number of hydrogen-bond donors (Lipinski definition) is 0. The van der Waals surface area contributed by atoms with Gasteiger partial charge in [-0.2, -0.15) is 0 Å². The Kier molecular flexibility index (Phi) is 12.8. The van der Waals surface area contributed by atoms with Gasteiger partial charge in [0.25, 0.3) is 0 Å². The van der Waals surface area contributed by atoms with Gasteiger partial charge in [-0.3, -0.25) is 0 Å². The lowest BCUT2D eigenvalue weighted by molar-refractivity contribution is -0.139. The smallest absolute Gasteiger partial charge is 0.330 e. The Balaban J connectivity index is 0.00000182. The molecule has 0 heterocycles. The normalized spacial score (nSPS) is 10.2. The maximum atomic E-state index is 11.0. The predicted octanol–water partition coefficient (Wildman–Crippen LogP) is 5.64. The van der Waals surface area contributed by atoms with Crippen LogP contribution in [0.25, 0.3) is 0 Å². The van der Waals surface area contributed by atoms with Gasteiger partial charge in [-0.1, -0.05) is 71.5 Å². The molecule has 0 aromatic heterocycles. The zero-order chi connectivity index (χ0) is 25.4. The molecule has 0 aliphatic carbocycles. The maximum absolute atomic E-state index is 11.0. The van der Waals surface area contributed by atoms with Crippen molar-refractivity contribution in [3.63, 3.8) is 0 Å². The van der Waals surface area contributed by atoms with E-state index in [4.69, 9.17) is 18.9 Å². The van der Waals surface area contributed by atoms with Crippen LogP contribution in [0.2, 0.25) is 0 Å². The van der Waals surface area contributed by atoms with Crippen LogP contribution in [0, 0.1) is 0 Å². The van der Waals surface area contributed by atoms with Crippen molar-refractivity contribution in [3.05, 3.63) is 85.0 Å². The molecule has 0 fully saturated rings. The molecule has 0 radical (unpaired) electrons. The molecule has 0 unspecified atom stereocenters. The van der Waals surface area contributed by atoms with Crippen LogP contribution in [-0.2, 0) is 24.5 Å². The van der Waals surface area contributed by atoms with E-state index in [0.717, 1.165) is 23.3 Å². The van der Waals surface area contributed by atoms with Crippen molar-refractivity contribution in [2.45, 2.75) is 39.5 Å². The fourth-order valence-electron chi connectivity index (χ4n) is 2.82. The van der Waals surface area contributed by atoms with E-state index in [1.54, 1.807) is 0 Å². The SMILES string of the molecule is C=CC(=O)OCCOc1ccc(C(C)(C)c2ccc(OCCOC(=O)C=C)cc2)cc1.CCC. The Labute approximate surface area is 203 Å². The first-order valence-corrected chi connectivity index (χ1v) is 11.3. The van der Waals surface area contributed by atoms with Crippen molar-refractivity contribution in [2.24, 2.45) is 0 Å². The molecule has 184 valence electrons. The molecule has 0 atom stereocenters. The van der Waals surface area contributed by atoms with E-state index in [1.165, 1.54) is 6.42 Å². The molecule has 2 rings (SSSR count). The molecular weight excluding hydrogens is 432 g/mol. The first-order chi connectivity index (χ1) is 16.3. The lowest BCUT2D eigenvalue weighted by Gasteiger charge is -2.26. The molecule has 0 spiro atoms. The Morgan fingerprint density at radius 2 is 1.03 bits per heavy atom. The minimum Gasteiger partial charge on any atom is -0.490 e. The van der Waals surface area contributed by atoms with Gasteiger partial charge < -0.3 is 18.9 Å². The van der Waals surface area contributed by atoms with Crippen LogP contribution in [0.5, 0.6) is 11.5 Å². The van der Waals surface area contributed by atoms with Crippen LogP contribution in [0.3, 0.4) is 0 Å². The zero-order valence-electron chi connectivity index (χ0n) is 20.7. The second-order valence-corrected chi connectivity index (χ2v) is 7.82. The minimum atomic E-state index is -0.465. The summed E-state index contributed by atoms with van der Waals surface area (Å²) >= 11 is 0. The van der Waals surface area contributed by atoms with Gasteiger partial charge in [-0.05, 0) is 35.4 Å². The summed E-state index contributed by atoms with van der Waals surface area (Å²) in [4.78, 5) is 22.0. The summed E-state index contributed by atoms with van der Waals surface area (Å²) < 4.78 is 21.0. The summed E-state index contributed by atoms with van der Waals surface area (Å²) in [5, 5.41) is 0. The van der Waals surface area contributed by atoms with Gasteiger partial charge in [0.15, 0.2) is 0 Å². The zero-order valence-corrected chi connectivity index (χ0v) is 20.7. The predicted molar refractivity (Wildman–Crippen MR) is 134 cm³/mol. The average molecular weight is 469 g/mol. The quantitative estimate of drug-likeness (QED) is 0.228.